The van der Waals surface area contributed by atoms with Gasteiger partial charge in [0.2, 0.25) is 0 Å². The van der Waals surface area contributed by atoms with Gasteiger partial charge in [0.1, 0.15) is 0 Å². The molecule has 0 aliphatic heterocycles. The van der Waals surface area contributed by atoms with Crippen molar-refractivity contribution in [1.82, 2.24) is 5.32 Å². The van der Waals surface area contributed by atoms with Gasteiger partial charge in [0.25, 0.3) is 0 Å². The van der Waals surface area contributed by atoms with E-state index < -0.39 is 0 Å². The maximum absolute atomic E-state index is 3.81. The van der Waals surface area contributed by atoms with Gasteiger partial charge in [0, 0.05) is 12.1 Å². The van der Waals surface area contributed by atoms with Gasteiger partial charge in [-0.2, -0.15) is 0 Å². The van der Waals surface area contributed by atoms with E-state index in [0.29, 0.717) is 12.1 Å². The number of hydrogen-bond acceptors (Lipinski definition) is 1. The van der Waals surface area contributed by atoms with Gasteiger partial charge in [-0.1, -0.05) is 31.9 Å². The van der Waals surface area contributed by atoms with Crippen LogP contribution in [0.4, 0.5) is 0 Å². The molecule has 5 atom stereocenters. The lowest BCUT2D eigenvalue weighted by Gasteiger charge is -2.29. The lowest BCUT2D eigenvalue weighted by molar-refractivity contribution is 0.298. The molecule has 2 rings (SSSR count). The van der Waals surface area contributed by atoms with Gasteiger partial charge >= 0.3 is 0 Å². The largest absolute Gasteiger partial charge is 0.311 e. The first-order valence-electron chi connectivity index (χ1n) is 7.15. The van der Waals surface area contributed by atoms with Crippen LogP contribution in [0.5, 0.6) is 0 Å². The molecule has 16 heavy (non-hydrogen) atoms. The second kappa shape index (κ2) is 5.35. The normalized spacial score (nSPS) is 35.6. The Morgan fingerprint density at radius 3 is 2.62 bits per heavy atom. The van der Waals surface area contributed by atoms with Crippen molar-refractivity contribution in [2.24, 2.45) is 17.8 Å². The number of rotatable bonds is 6. The first-order valence-corrected chi connectivity index (χ1v) is 7.15. The lowest BCUT2D eigenvalue weighted by atomic mass is 9.87. The Bertz CT molecular complexity index is 246. The van der Waals surface area contributed by atoms with Gasteiger partial charge in [-0.15, -0.1) is 0 Å². The number of hydrogen-bond donors (Lipinski definition) is 1. The van der Waals surface area contributed by atoms with Crippen molar-refractivity contribution in [3.8, 4) is 0 Å². The minimum Gasteiger partial charge on any atom is -0.311 e. The van der Waals surface area contributed by atoms with E-state index in [9.17, 15) is 0 Å². The molecule has 1 fully saturated rings. The van der Waals surface area contributed by atoms with Crippen LogP contribution in [0.25, 0.3) is 0 Å². The summed E-state index contributed by atoms with van der Waals surface area (Å²) < 4.78 is 0. The summed E-state index contributed by atoms with van der Waals surface area (Å²) in [6.07, 6.45) is 11.8. The molecular weight excluding hydrogens is 194 g/mol. The van der Waals surface area contributed by atoms with Crippen LogP contribution in [0, 0.1) is 17.8 Å². The highest BCUT2D eigenvalue weighted by atomic mass is 14.9. The zero-order valence-electron chi connectivity index (χ0n) is 11.1. The van der Waals surface area contributed by atoms with E-state index in [1.165, 1.54) is 32.1 Å². The predicted molar refractivity (Wildman–Crippen MR) is 70.4 cm³/mol. The van der Waals surface area contributed by atoms with Crippen molar-refractivity contribution in [2.45, 2.75) is 65.0 Å². The molecule has 0 saturated heterocycles. The van der Waals surface area contributed by atoms with Gasteiger partial charge in [-0.3, -0.25) is 0 Å². The van der Waals surface area contributed by atoms with Crippen LogP contribution in [-0.2, 0) is 0 Å². The van der Waals surface area contributed by atoms with Crippen molar-refractivity contribution in [2.75, 3.05) is 0 Å². The first kappa shape index (κ1) is 12.2. The standard InChI is InChI=1S/C15H27N/c1-4-5-6-11(2)16-12(3)15-10-13-7-8-14(15)9-13/h7-8,11-16H,4-6,9-10H2,1-3H3. The molecule has 0 heterocycles. The van der Waals surface area contributed by atoms with Gasteiger partial charge in [-0.25, -0.2) is 0 Å². The highest BCUT2D eigenvalue weighted by Gasteiger charge is 2.38. The monoisotopic (exact) mass is 221 g/mol. The molecule has 0 aromatic carbocycles. The van der Waals surface area contributed by atoms with Crippen LogP contribution < -0.4 is 5.32 Å². The molecule has 0 amide bonds. The molecule has 1 nitrogen and oxygen atoms in total. The molecule has 0 radical (unpaired) electrons. The van der Waals surface area contributed by atoms with Crippen LogP contribution in [-0.4, -0.2) is 12.1 Å². The SMILES string of the molecule is CCCCC(C)NC(C)C1CC2C=CC1C2. The second-order valence-corrected chi connectivity index (χ2v) is 5.94. The maximum Gasteiger partial charge on any atom is 0.00753 e. The zero-order valence-corrected chi connectivity index (χ0v) is 11.1. The molecule has 92 valence electrons. The molecule has 2 bridgehead atoms. The molecule has 1 saturated carbocycles. The van der Waals surface area contributed by atoms with Crippen LogP contribution in [0.3, 0.4) is 0 Å². The van der Waals surface area contributed by atoms with E-state index in [4.69, 9.17) is 0 Å². The van der Waals surface area contributed by atoms with Crippen molar-refractivity contribution in [1.29, 1.82) is 0 Å². The topological polar surface area (TPSA) is 12.0 Å². The van der Waals surface area contributed by atoms with Crippen molar-refractivity contribution >= 4 is 0 Å². The first-order chi connectivity index (χ1) is 7.70. The number of nitrogens with one attached hydrogen (secondary N) is 1. The Balaban J connectivity index is 1.75. The fraction of sp³-hybridized carbons (Fsp3) is 0.867. The maximum atomic E-state index is 3.81. The van der Waals surface area contributed by atoms with Crippen LogP contribution in [0.1, 0.15) is 52.9 Å². The minimum atomic E-state index is 0.693. The Kier molecular flexibility index (Phi) is 4.07. The lowest BCUT2D eigenvalue weighted by Crippen LogP contribution is -2.40. The Labute approximate surface area is 101 Å². The summed E-state index contributed by atoms with van der Waals surface area (Å²) >= 11 is 0. The third kappa shape index (κ3) is 2.68. The second-order valence-electron chi connectivity index (χ2n) is 5.94. The van der Waals surface area contributed by atoms with Crippen molar-refractivity contribution in [3.05, 3.63) is 12.2 Å². The molecule has 1 N–H and O–H groups in total. The fourth-order valence-corrected chi connectivity index (χ4v) is 3.56. The third-order valence-electron chi connectivity index (χ3n) is 4.51. The molecule has 1 heteroatoms. The summed E-state index contributed by atoms with van der Waals surface area (Å²) in [7, 11) is 0. The summed E-state index contributed by atoms with van der Waals surface area (Å²) in [6, 6.07) is 1.39. The number of allylic oxidation sites excluding steroid dienone is 2. The molecule has 0 spiro atoms. The van der Waals surface area contributed by atoms with Crippen molar-refractivity contribution < 1.29 is 0 Å². The summed E-state index contributed by atoms with van der Waals surface area (Å²) in [5.74, 6) is 2.69. The van der Waals surface area contributed by atoms with E-state index in [1.807, 2.05) is 0 Å². The van der Waals surface area contributed by atoms with Gasteiger partial charge in [-0.05, 0) is 50.9 Å². The molecule has 5 unspecified atom stereocenters. The quantitative estimate of drug-likeness (QED) is 0.673. The molecule has 0 aromatic rings. The van der Waals surface area contributed by atoms with Gasteiger partial charge < -0.3 is 5.32 Å². The molecule has 2 aliphatic carbocycles. The van der Waals surface area contributed by atoms with Gasteiger partial charge in [0.05, 0.1) is 0 Å². The van der Waals surface area contributed by atoms with E-state index in [1.54, 1.807) is 0 Å². The summed E-state index contributed by atoms with van der Waals surface area (Å²) in [5.41, 5.74) is 0. The Morgan fingerprint density at radius 1 is 1.25 bits per heavy atom. The molecule has 0 aromatic heterocycles. The number of unbranched alkanes of at least 4 members (excludes halogenated alkanes) is 1. The number of fused-ring (bicyclic) bond motifs is 2. The molecule has 2 aliphatic rings. The highest BCUT2D eigenvalue weighted by Crippen LogP contribution is 2.44. The Morgan fingerprint density at radius 2 is 2.06 bits per heavy atom. The van der Waals surface area contributed by atoms with Crippen LogP contribution in [0.2, 0.25) is 0 Å². The van der Waals surface area contributed by atoms with E-state index in [-0.39, 0.29) is 0 Å². The van der Waals surface area contributed by atoms with E-state index in [0.717, 1.165) is 17.8 Å². The summed E-state index contributed by atoms with van der Waals surface area (Å²) in [5, 5.41) is 3.81. The van der Waals surface area contributed by atoms with Crippen LogP contribution >= 0.6 is 0 Å². The predicted octanol–water partition coefficient (Wildman–Crippen LogP) is 3.76. The fourth-order valence-electron chi connectivity index (χ4n) is 3.56. The molecular formula is C15H27N. The Hall–Kier alpha value is -0.300. The average Bonchev–Trinajstić information content (AvgIpc) is 2.87. The van der Waals surface area contributed by atoms with Gasteiger partial charge in [0.15, 0.2) is 0 Å². The van der Waals surface area contributed by atoms with E-state index >= 15 is 0 Å². The minimum absolute atomic E-state index is 0.693. The average molecular weight is 221 g/mol. The smallest absolute Gasteiger partial charge is 0.00753 e. The van der Waals surface area contributed by atoms with Crippen LogP contribution in [0.15, 0.2) is 12.2 Å². The third-order valence-corrected chi connectivity index (χ3v) is 4.51. The zero-order chi connectivity index (χ0) is 11.5. The summed E-state index contributed by atoms with van der Waals surface area (Å²) in [4.78, 5) is 0. The summed E-state index contributed by atoms with van der Waals surface area (Å²) in [6.45, 7) is 7.01. The van der Waals surface area contributed by atoms with Crippen molar-refractivity contribution in [3.63, 3.8) is 0 Å². The van der Waals surface area contributed by atoms with E-state index in [2.05, 4.69) is 38.2 Å². The highest BCUT2D eigenvalue weighted by molar-refractivity contribution is 5.11.